The highest BCUT2D eigenvalue weighted by atomic mass is 35.5. The number of hydrogen-bond acceptors (Lipinski definition) is 6. The summed E-state index contributed by atoms with van der Waals surface area (Å²) in [6.07, 6.45) is 5.75. The molecule has 1 N–H and O–H groups in total. The van der Waals surface area contributed by atoms with Crippen LogP contribution in [0, 0.1) is 0 Å². The van der Waals surface area contributed by atoms with Gasteiger partial charge in [-0.2, -0.15) is 0 Å². The quantitative estimate of drug-likeness (QED) is 0.529. The number of amides is 2. The minimum absolute atomic E-state index is 0.0886. The van der Waals surface area contributed by atoms with Gasteiger partial charge in [0.2, 0.25) is 11.8 Å². The largest absolute Gasteiger partial charge is 0.364 e. The zero-order chi connectivity index (χ0) is 23.4. The fourth-order valence-electron chi connectivity index (χ4n) is 5.73. The summed E-state index contributed by atoms with van der Waals surface area (Å²) in [5, 5.41) is 4.28. The first-order chi connectivity index (χ1) is 16.5. The van der Waals surface area contributed by atoms with E-state index in [1.165, 1.54) is 16.2 Å². The van der Waals surface area contributed by atoms with Gasteiger partial charge in [0.25, 0.3) is 0 Å². The van der Waals surface area contributed by atoms with Crippen molar-refractivity contribution in [3.63, 3.8) is 0 Å². The van der Waals surface area contributed by atoms with E-state index in [0.29, 0.717) is 31.5 Å². The minimum Gasteiger partial charge on any atom is -0.364 e. The standard InChI is InChI=1S/C26H27ClN4O2S/c1-15-2-3-16-10-17(27)11-21(25(16)31(15)18-6-8-28-13-18)20-7-9-29-22-12-19(34-26(20)22)14-30-23(32)4-5-24(30)33/h7,9-12,15,18,28H,2-6,8,13-14H2,1H3. The van der Waals surface area contributed by atoms with E-state index in [0.717, 1.165) is 63.6 Å². The molecule has 0 aliphatic carbocycles. The Kier molecular flexibility index (Phi) is 5.59. The number of nitrogens with one attached hydrogen (secondary N) is 1. The number of rotatable bonds is 4. The lowest BCUT2D eigenvalue weighted by Gasteiger charge is -2.42. The maximum absolute atomic E-state index is 12.2. The summed E-state index contributed by atoms with van der Waals surface area (Å²) in [4.78, 5) is 33.9. The molecule has 5 heterocycles. The Morgan fingerprint density at radius 2 is 1.94 bits per heavy atom. The molecule has 2 fully saturated rings. The second kappa shape index (κ2) is 8.63. The van der Waals surface area contributed by atoms with Gasteiger partial charge in [0, 0.05) is 64.4 Å². The fraction of sp³-hybridized carbons (Fsp3) is 0.423. The molecule has 176 valence electrons. The van der Waals surface area contributed by atoms with Crippen LogP contribution in [0.1, 0.15) is 43.0 Å². The van der Waals surface area contributed by atoms with E-state index >= 15 is 0 Å². The molecule has 8 heteroatoms. The lowest BCUT2D eigenvalue weighted by molar-refractivity contribution is -0.138. The number of benzene rings is 1. The molecule has 0 saturated carbocycles. The van der Waals surface area contributed by atoms with E-state index in [2.05, 4.69) is 40.3 Å². The summed E-state index contributed by atoms with van der Waals surface area (Å²) in [5.41, 5.74) is 5.76. The number of thiophene rings is 1. The highest BCUT2D eigenvalue weighted by molar-refractivity contribution is 7.19. The Hall–Kier alpha value is -2.48. The van der Waals surface area contributed by atoms with Gasteiger partial charge in [-0.25, -0.2) is 0 Å². The summed E-state index contributed by atoms with van der Waals surface area (Å²) in [6.45, 7) is 4.70. The summed E-state index contributed by atoms with van der Waals surface area (Å²) >= 11 is 8.27. The summed E-state index contributed by atoms with van der Waals surface area (Å²) < 4.78 is 1.07. The average Bonchev–Trinajstić information content (AvgIpc) is 3.56. The molecule has 2 saturated heterocycles. The van der Waals surface area contributed by atoms with Crippen LogP contribution in [0.4, 0.5) is 5.69 Å². The van der Waals surface area contributed by atoms with Crippen LogP contribution in [0.25, 0.3) is 21.3 Å². The van der Waals surface area contributed by atoms with E-state index in [1.807, 2.05) is 12.3 Å². The minimum atomic E-state index is -0.0886. The van der Waals surface area contributed by atoms with Gasteiger partial charge in [0.05, 0.1) is 16.8 Å². The Bertz CT molecular complexity index is 1280. The first kappa shape index (κ1) is 22.0. The number of nitrogens with zero attached hydrogens (tertiary/aromatic N) is 3. The van der Waals surface area contributed by atoms with Crippen LogP contribution in [0.2, 0.25) is 5.02 Å². The Balaban J connectivity index is 1.47. The molecule has 0 bridgehead atoms. The number of aromatic nitrogens is 1. The molecule has 2 unspecified atom stereocenters. The van der Waals surface area contributed by atoms with Gasteiger partial charge < -0.3 is 10.2 Å². The highest BCUT2D eigenvalue weighted by Crippen LogP contribution is 2.46. The van der Waals surface area contributed by atoms with E-state index in [4.69, 9.17) is 11.6 Å². The van der Waals surface area contributed by atoms with Crippen molar-refractivity contribution in [3.05, 3.63) is 45.9 Å². The van der Waals surface area contributed by atoms with Crippen LogP contribution in [0.3, 0.4) is 0 Å². The van der Waals surface area contributed by atoms with Crippen LogP contribution in [-0.2, 0) is 22.6 Å². The van der Waals surface area contributed by atoms with E-state index in [-0.39, 0.29) is 11.8 Å². The maximum atomic E-state index is 12.2. The first-order valence-electron chi connectivity index (χ1n) is 12.0. The second-order valence-corrected chi connectivity index (χ2v) is 11.1. The summed E-state index contributed by atoms with van der Waals surface area (Å²) in [5.74, 6) is -0.177. The van der Waals surface area contributed by atoms with Gasteiger partial charge >= 0.3 is 0 Å². The number of fused-ring (bicyclic) bond motifs is 2. The third kappa shape index (κ3) is 3.70. The topological polar surface area (TPSA) is 65.5 Å². The number of pyridine rings is 1. The zero-order valence-corrected chi connectivity index (χ0v) is 20.7. The molecule has 6 nitrogen and oxygen atoms in total. The normalized spacial score (nSPS) is 22.8. The Morgan fingerprint density at radius 3 is 2.71 bits per heavy atom. The molecule has 3 aromatic rings. The SMILES string of the molecule is CC1CCc2cc(Cl)cc(-c3ccnc4cc(CN5C(=O)CCC5=O)sc34)c2N1C1CCNC1. The predicted octanol–water partition coefficient (Wildman–Crippen LogP) is 4.77. The number of likely N-dealkylation sites (tertiary alicyclic amines) is 1. The van der Waals surface area contributed by atoms with Crippen LogP contribution < -0.4 is 10.2 Å². The number of aryl methyl sites for hydroxylation is 1. The van der Waals surface area contributed by atoms with Gasteiger partial charge in [0.1, 0.15) is 0 Å². The third-order valence-electron chi connectivity index (χ3n) is 7.37. The summed E-state index contributed by atoms with van der Waals surface area (Å²) in [7, 11) is 0. The Morgan fingerprint density at radius 1 is 1.12 bits per heavy atom. The molecular formula is C26H27ClN4O2S. The van der Waals surface area contributed by atoms with Gasteiger partial charge in [-0.1, -0.05) is 11.6 Å². The van der Waals surface area contributed by atoms with Crippen molar-refractivity contribution in [2.24, 2.45) is 0 Å². The molecule has 3 aliphatic heterocycles. The van der Waals surface area contributed by atoms with Crippen molar-refractivity contribution in [1.29, 1.82) is 0 Å². The van der Waals surface area contributed by atoms with Gasteiger partial charge in [-0.15, -0.1) is 11.3 Å². The van der Waals surface area contributed by atoms with Crippen LogP contribution >= 0.6 is 22.9 Å². The van der Waals surface area contributed by atoms with Crippen LogP contribution in [0.5, 0.6) is 0 Å². The van der Waals surface area contributed by atoms with Gasteiger partial charge in [0.15, 0.2) is 0 Å². The number of anilines is 1. The molecule has 2 aromatic heterocycles. The molecule has 2 atom stereocenters. The second-order valence-electron chi connectivity index (χ2n) is 9.56. The van der Waals surface area contributed by atoms with Crippen molar-refractivity contribution in [2.75, 3.05) is 18.0 Å². The molecule has 6 rings (SSSR count). The lowest BCUT2D eigenvalue weighted by Crippen LogP contribution is -2.46. The van der Waals surface area contributed by atoms with E-state index in [1.54, 1.807) is 11.3 Å². The third-order valence-corrected chi connectivity index (χ3v) is 8.73. The van der Waals surface area contributed by atoms with Crippen molar-refractivity contribution in [3.8, 4) is 11.1 Å². The molecule has 1 aromatic carbocycles. The van der Waals surface area contributed by atoms with Crippen molar-refractivity contribution < 1.29 is 9.59 Å². The number of carbonyl (C=O) groups is 2. The number of hydrogen-bond donors (Lipinski definition) is 1. The predicted molar refractivity (Wildman–Crippen MR) is 136 cm³/mol. The van der Waals surface area contributed by atoms with Crippen LogP contribution in [0.15, 0.2) is 30.5 Å². The van der Waals surface area contributed by atoms with Gasteiger partial charge in [-0.3, -0.25) is 19.5 Å². The molecule has 2 amide bonds. The number of carbonyl (C=O) groups excluding carboxylic acids is 2. The fourth-order valence-corrected chi connectivity index (χ4v) is 7.10. The zero-order valence-electron chi connectivity index (χ0n) is 19.1. The molecule has 0 radical (unpaired) electrons. The van der Waals surface area contributed by atoms with Crippen molar-refractivity contribution >= 4 is 50.7 Å². The number of halogens is 1. The highest BCUT2D eigenvalue weighted by Gasteiger charge is 2.34. The molecule has 3 aliphatic rings. The lowest BCUT2D eigenvalue weighted by atomic mass is 9.89. The van der Waals surface area contributed by atoms with E-state index < -0.39 is 0 Å². The molecule has 34 heavy (non-hydrogen) atoms. The van der Waals surface area contributed by atoms with Crippen molar-refractivity contribution in [2.45, 2.75) is 57.7 Å². The summed E-state index contributed by atoms with van der Waals surface area (Å²) in [6, 6.07) is 9.24. The molecular weight excluding hydrogens is 468 g/mol. The smallest absolute Gasteiger partial charge is 0.230 e. The van der Waals surface area contributed by atoms with E-state index in [9.17, 15) is 9.59 Å². The average molecular weight is 495 g/mol. The maximum Gasteiger partial charge on any atom is 0.230 e. The Labute approximate surface area is 207 Å². The number of imide groups is 1. The van der Waals surface area contributed by atoms with Crippen LogP contribution in [-0.4, -0.2) is 46.9 Å². The first-order valence-corrected chi connectivity index (χ1v) is 13.2. The van der Waals surface area contributed by atoms with Crippen molar-refractivity contribution in [1.82, 2.24) is 15.2 Å². The molecule has 0 spiro atoms. The van der Waals surface area contributed by atoms with Gasteiger partial charge in [-0.05, 0) is 62.6 Å². The monoisotopic (exact) mass is 494 g/mol.